The number of nitrogens with zero attached hydrogens (tertiary/aromatic N) is 1. The highest BCUT2D eigenvalue weighted by Crippen LogP contribution is 2.26. The van der Waals surface area contributed by atoms with E-state index in [-0.39, 0.29) is 29.5 Å². The topological polar surface area (TPSA) is 73.5 Å². The van der Waals surface area contributed by atoms with Crippen LogP contribution < -0.4 is 16.2 Å². The fourth-order valence-electron chi connectivity index (χ4n) is 4.40. The molecule has 4 rings (SSSR count). The van der Waals surface area contributed by atoms with Gasteiger partial charge in [0.1, 0.15) is 5.82 Å². The van der Waals surface area contributed by atoms with Gasteiger partial charge in [0.2, 0.25) is 0 Å². The first-order chi connectivity index (χ1) is 15.0. The molecule has 164 valence electrons. The average Bonchev–Trinajstić information content (AvgIpc) is 2.73. The SMILES string of the molecule is CCCC(C)NC1CN(C(=O)c2cc(CC3NNC(=O)c4ccccc43)ccc2F)C1. The van der Waals surface area contributed by atoms with Crippen molar-refractivity contribution in [2.45, 2.75) is 51.2 Å². The summed E-state index contributed by atoms with van der Waals surface area (Å²) in [5, 5.41) is 3.52. The third-order valence-corrected chi connectivity index (χ3v) is 6.05. The van der Waals surface area contributed by atoms with E-state index in [1.54, 1.807) is 23.1 Å². The van der Waals surface area contributed by atoms with Crippen molar-refractivity contribution < 1.29 is 14.0 Å². The van der Waals surface area contributed by atoms with Crippen molar-refractivity contribution in [3.8, 4) is 0 Å². The quantitative estimate of drug-likeness (QED) is 0.639. The van der Waals surface area contributed by atoms with E-state index in [9.17, 15) is 14.0 Å². The molecule has 0 spiro atoms. The summed E-state index contributed by atoms with van der Waals surface area (Å²) in [5.74, 6) is -0.948. The van der Waals surface area contributed by atoms with Crippen LogP contribution in [0.5, 0.6) is 0 Å². The van der Waals surface area contributed by atoms with Crippen molar-refractivity contribution in [3.63, 3.8) is 0 Å². The number of likely N-dealkylation sites (tertiary alicyclic amines) is 1. The Hall–Kier alpha value is -2.77. The second kappa shape index (κ2) is 9.16. The van der Waals surface area contributed by atoms with Gasteiger partial charge in [0.15, 0.2) is 0 Å². The van der Waals surface area contributed by atoms with Crippen molar-refractivity contribution in [3.05, 3.63) is 70.5 Å². The highest BCUT2D eigenvalue weighted by molar-refractivity contribution is 5.96. The fraction of sp³-hybridized carbons (Fsp3) is 0.417. The van der Waals surface area contributed by atoms with Gasteiger partial charge in [0.25, 0.3) is 11.8 Å². The van der Waals surface area contributed by atoms with Crippen molar-refractivity contribution >= 4 is 11.8 Å². The van der Waals surface area contributed by atoms with Crippen molar-refractivity contribution in [2.75, 3.05) is 13.1 Å². The lowest BCUT2D eigenvalue weighted by Gasteiger charge is -2.41. The molecule has 0 bridgehead atoms. The number of amides is 2. The van der Waals surface area contributed by atoms with Crippen molar-refractivity contribution in [1.82, 2.24) is 21.1 Å². The summed E-state index contributed by atoms with van der Waals surface area (Å²) in [6.45, 7) is 5.50. The number of benzene rings is 2. The Labute approximate surface area is 182 Å². The van der Waals surface area contributed by atoms with Crippen LogP contribution in [0.3, 0.4) is 0 Å². The van der Waals surface area contributed by atoms with Crippen LogP contribution in [0.25, 0.3) is 0 Å². The molecule has 1 saturated heterocycles. The van der Waals surface area contributed by atoms with Gasteiger partial charge in [-0.1, -0.05) is 37.6 Å². The van der Waals surface area contributed by atoms with E-state index in [0.717, 1.165) is 24.0 Å². The van der Waals surface area contributed by atoms with Gasteiger partial charge < -0.3 is 10.2 Å². The fourth-order valence-corrected chi connectivity index (χ4v) is 4.40. The molecule has 31 heavy (non-hydrogen) atoms. The molecule has 2 unspecified atom stereocenters. The Morgan fingerprint density at radius 1 is 1.26 bits per heavy atom. The summed E-state index contributed by atoms with van der Waals surface area (Å²) in [6, 6.07) is 12.6. The number of carbonyl (C=O) groups excluding carboxylic acids is 2. The first-order valence-electron chi connectivity index (χ1n) is 10.9. The largest absolute Gasteiger partial charge is 0.335 e. The Kier molecular flexibility index (Phi) is 6.34. The lowest BCUT2D eigenvalue weighted by molar-refractivity contribution is 0.0548. The lowest BCUT2D eigenvalue weighted by Crippen LogP contribution is -2.61. The smallest absolute Gasteiger partial charge is 0.265 e. The van der Waals surface area contributed by atoms with Crippen LogP contribution in [-0.4, -0.2) is 41.9 Å². The molecule has 7 heteroatoms. The third-order valence-electron chi connectivity index (χ3n) is 6.05. The molecule has 2 atom stereocenters. The highest BCUT2D eigenvalue weighted by atomic mass is 19.1. The maximum absolute atomic E-state index is 14.5. The number of fused-ring (bicyclic) bond motifs is 1. The van der Waals surface area contributed by atoms with Gasteiger partial charge in [0, 0.05) is 30.7 Å². The zero-order valence-corrected chi connectivity index (χ0v) is 18.0. The van der Waals surface area contributed by atoms with E-state index in [1.807, 2.05) is 18.2 Å². The zero-order valence-electron chi connectivity index (χ0n) is 18.0. The number of nitrogens with one attached hydrogen (secondary N) is 3. The maximum Gasteiger partial charge on any atom is 0.265 e. The van der Waals surface area contributed by atoms with E-state index >= 15 is 0 Å². The normalized spacial score (nSPS) is 19.4. The van der Waals surface area contributed by atoms with E-state index in [2.05, 4.69) is 30.0 Å². The predicted octanol–water partition coefficient (Wildman–Crippen LogP) is 2.96. The van der Waals surface area contributed by atoms with E-state index in [1.165, 1.54) is 6.07 Å². The minimum absolute atomic E-state index is 0.102. The average molecular weight is 425 g/mol. The molecule has 0 saturated carbocycles. The van der Waals surface area contributed by atoms with Crippen LogP contribution in [0.15, 0.2) is 42.5 Å². The molecular formula is C24H29FN4O2. The summed E-state index contributed by atoms with van der Waals surface area (Å²) < 4.78 is 14.5. The molecule has 0 aliphatic carbocycles. The van der Waals surface area contributed by atoms with Crippen LogP contribution in [0.2, 0.25) is 0 Å². The molecule has 2 aromatic rings. The Bertz CT molecular complexity index is 974. The Morgan fingerprint density at radius 2 is 2.03 bits per heavy atom. The van der Waals surface area contributed by atoms with Crippen molar-refractivity contribution in [2.24, 2.45) is 0 Å². The van der Waals surface area contributed by atoms with E-state index < -0.39 is 5.82 Å². The highest BCUT2D eigenvalue weighted by Gasteiger charge is 2.33. The predicted molar refractivity (Wildman–Crippen MR) is 117 cm³/mol. The number of halogens is 1. The molecule has 2 aliphatic rings. The van der Waals surface area contributed by atoms with E-state index in [4.69, 9.17) is 0 Å². The molecular weight excluding hydrogens is 395 g/mol. The molecule has 1 fully saturated rings. The van der Waals surface area contributed by atoms with Gasteiger partial charge in [-0.2, -0.15) is 0 Å². The minimum Gasteiger partial charge on any atom is -0.335 e. The van der Waals surface area contributed by atoms with Gasteiger partial charge >= 0.3 is 0 Å². The molecule has 2 heterocycles. The first kappa shape index (κ1) is 21.5. The van der Waals surface area contributed by atoms with Gasteiger partial charge in [0.05, 0.1) is 11.6 Å². The number of hydrogen-bond acceptors (Lipinski definition) is 4. The summed E-state index contributed by atoms with van der Waals surface area (Å²) >= 11 is 0. The number of hydrogen-bond donors (Lipinski definition) is 3. The van der Waals surface area contributed by atoms with Gasteiger partial charge in [-0.25, -0.2) is 9.82 Å². The maximum atomic E-state index is 14.5. The molecule has 0 radical (unpaired) electrons. The molecule has 0 aromatic heterocycles. The molecule has 2 aliphatic heterocycles. The molecule has 6 nitrogen and oxygen atoms in total. The standard InChI is InChI=1S/C24H29FN4O2/c1-3-6-15(2)26-17-13-29(14-17)24(31)20-11-16(9-10-21(20)25)12-22-18-7-4-5-8-19(18)23(30)28-27-22/h4-5,7-11,15,17,22,26-27H,3,6,12-14H2,1-2H3,(H,28,30). The number of hydrazine groups is 1. The number of carbonyl (C=O) groups is 2. The Morgan fingerprint density at radius 3 is 2.81 bits per heavy atom. The summed E-state index contributed by atoms with van der Waals surface area (Å²) in [7, 11) is 0. The van der Waals surface area contributed by atoms with Crippen LogP contribution in [0.4, 0.5) is 4.39 Å². The summed E-state index contributed by atoms with van der Waals surface area (Å²) in [5.41, 5.74) is 8.15. The monoisotopic (exact) mass is 424 g/mol. The first-order valence-corrected chi connectivity index (χ1v) is 10.9. The summed E-state index contributed by atoms with van der Waals surface area (Å²) in [4.78, 5) is 26.6. The summed E-state index contributed by atoms with van der Waals surface area (Å²) in [6.07, 6.45) is 2.74. The van der Waals surface area contributed by atoms with Crippen LogP contribution in [0, 0.1) is 5.82 Å². The number of rotatable bonds is 7. The lowest BCUT2D eigenvalue weighted by atomic mass is 9.92. The molecule has 2 aromatic carbocycles. The third kappa shape index (κ3) is 4.62. The second-order valence-corrected chi connectivity index (χ2v) is 8.52. The van der Waals surface area contributed by atoms with Crippen LogP contribution >= 0.6 is 0 Å². The van der Waals surface area contributed by atoms with Crippen molar-refractivity contribution in [1.29, 1.82) is 0 Å². The molecule has 2 amide bonds. The van der Waals surface area contributed by atoms with Crippen LogP contribution in [-0.2, 0) is 6.42 Å². The van der Waals surface area contributed by atoms with Gasteiger partial charge in [-0.15, -0.1) is 0 Å². The van der Waals surface area contributed by atoms with Gasteiger partial charge in [-0.05, 0) is 49.1 Å². The van der Waals surface area contributed by atoms with E-state index in [0.29, 0.717) is 31.1 Å². The Balaban J connectivity index is 1.43. The molecule has 3 N–H and O–H groups in total. The minimum atomic E-state index is -0.505. The second-order valence-electron chi connectivity index (χ2n) is 8.52. The van der Waals surface area contributed by atoms with Gasteiger partial charge in [-0.3, -0.25) is 15.0 Å². The van der Waals surface area contributed by atoms with Crippen LogP contribution in [0.1, 0.15) is 64.6 Å². The zero-order chi connectivity index (χ0) is 22.0.